The van der Waals surface area contributed by atoms with Crippen molar-refractivity contribution < 1.29 is 9.59 Å². The Hall–Kier alpha value is -1.85. The van der Waals surface area contributed by atoms with E-state index in [9.17, 15) is 9.59 Å². The third-order valence-electron chi connectivity index (χ3n) is 6.03. The number of amides is 2. The molecule has 2 amide bonds. The predicted octanol–water partition coefficient (Wildman–Crippen LogP) is 4.83. The van der Waals surface area contributed by atoms with Crippen molar-refractivity contribution in [3.8, 4) is 0 Å². The second-order valence-corrected chi connectivity index (χ2v) is 9.64. The molecule has 2 fully saturated rings. The lowest BCUT2D eigenvalue weighted by atomic mass is 9.84. The maximum Gasteiger partial charge on any atom is 0.254 e. The van der Waals surface area contributed by atoms with Gasteiger partial charge in [-0.15, -0.1) is 11.3 Å². The van der Waals surface area contributed by atoms with Crippen LogP contribution in [0.2, 0.25) is 4.34 Å². The van der Waals surface area contributed by atoms with Crippen LogP contribution in [0.5, 0.6) is 0 Å². The average molecular weight is 417 g/mol. The lowest BCUT2D eigenvalue weighted by molar-refractivity contribution is -0.134. The molecule has 1 aromatic carbocycles. The molecule has 0 radical (unpaired) electrons. The number of halogens is 1. The van der Waals surface area contributed by atoms with E-state index >= 15 is 0 Å². The fraction of sp³-hybridized carbons (Fsp3) is 0.455. The number of rotatable bonds is 4. The molecular formula is C22H25ClN2O2S. The maximum atomic E-state index is 13.3. The standard InChI is InChI=1S/C22H25ClN2O2S/c1-24(14-17-11-12-20(23)28-17)22(27)19-13-16-9-5-6-10-18(16)25(19)21(26)15-7-3-2-4-8-15/h2-4,7-8,11-12,16,18-19H,5-6,9-10,13-14H2,1H3. The molecule has 1 aromatic heterocycles. The molecule has 28 heavy (non-hydrogen) atoms. The van der Waals surface area contributed by atoms with Gasteiger partial charge in [-0.2, -0.15) is 0 Å². The number of hydrogen-bond acceptors (Lipinski definition) is 3. The van der Waals surface area contributed by atoms with Gasteiger partial charge in [0.2, 0.25) is 5.91 Å². The van der Waals surface area contributed by atoms with Crippen LogP contribution in [0.3, 0.4) is 0 Å². The highest BCUT2D eigenvalue weighted by molar-refractivity contribution is 7.16. The Balaban J connectivity index is 1.57. The van der Waals surface area contributed by atoms with Crippen molar-refractivity contribution >= 4 is 34.8 Å². The first kappa shape index (κ1) is 19.5. The summed E-state index contributed by atoms with van der Waals surface area (Å²) in [6.45, 7) is 0.523. The van der Waals surface area contributed by atoms with Crippen molar-refractivity contribution in [2.45, 2.75) is 50.7 Å². The Morgan fingerprint density at radius 1 is 1.14 bits per heavy atom. The van der Waals surface area contributed by atoms with E-state index in [1.54, 1.807) is 4.90 Å². The van der Waals surface area contributed by atoms with Crippen LogP contribution in [-0.4, -0.2) is 40.7 Å². The predicted molar refractivity (Wildman–Crippen MR) is 113 cm³/mol. The lowest BCUT2D eigenvalue weighted by Crippen LogP contribution is -2.49. The SMILES string of the molecule is CN(Cc1ccc(Cl)s1)C(=O)C1CC2CCCCC2N1C(=O)c1ccccc1. The first-order chi connectivity index (χ1) is 13.5. The monoisotopic (exact) mass is 416 g/mol. The number of carbonyl (C=O) groups excluding carboxylic acids is 2. The molecule has 6 heteroatoms. The van der Waals surface area contributed by atoms with E-state index in [0.717, 1.165) is 34.9 Å². The number of hydrogen-bond donors (Lipinski definition) is 0. The van der Waals surface area contributed by atoms with Crippen molar-refractivity contribution in [3.05, 3.63) is 57.2 Å². The summed E-state index contributed by atoms with van der Waals surface area (Å²) in [6, 6.07) is 13.0. The summed E-state index contributed by atoms with van der Waals surface area (Å²) in [5, 5.41) is 0. The third kappa shape index (κ3) is 3.83. The van der Waals surface area contributed by atoms with E-state index in [-0.39, 0.29) is 23.9 Å². The first-order valence-electron chi connectivity index (χ1n) is 9.91. The number of likely N-dealkylation sites (tertiary alicyclic amines) is 1. The van der Waals surface area contributed by atoms with E-state index in [0.29, 0.717) is 18.0 Å². The summed E-state index contributed by atoms with van der Waals surface area (Å²) in [6.07, 6.45) is 5.20. The van der Waals surface area contributed by atoms with Crippen LogP contribution in [0.4, 0.5) is 0 Å². The Kier molecular flexibility index (Phi) is 5.74. The molecule has 2 aliphatic rings. The van der Waals surface area contributed by atoms with Gasteiger partial charge in [0.25, 0.3) is 5.91 Å². The van der Waals surface area contributed by atoms with Crippen LogP contribution in [-0.2, 0) is 11.3 Å². The number of nitrogens with zero attached hydrogens (tertiary/aromatic N) is 2. The minimum Gasteiger partial charge on any atom is -0.339 e. The summed E-state index contributed by atoms with van der Waals surface area (Å²) < 4.78 is 0.726. The zero-order chi connectivity index (χ0) is 19.7. The second-order valence-electron chi connectivity index (χ2n) is 7.84. The Morgan fingerprint density at radius 3 is 2.61 bits per heavy atom. The molecule has 2 heterocycles. The van der Waals surface area contributed by atoms with Gasteiger partial charge >= 0.3 is 0 Å². The summed E-state index contributed by atoms with van der Waals surface area (Å²) in [5.41, 5.74) is 0.666. The van der Waals surface area contributed by atoms with Crippen LogP contribution >= 0.6 is 22.9 Å². The van der Waals surface area contributed by atoms with Crippen molar-refractivity contribution in [3.63, 3.8) is 0 Å². The lowest BCUT2D eigenvalue weighted by Gasteiger charge is -2.34. The normalized spacial score (nSPS) is 24.1. The molecule has 2 aromatic rings. The smallest absolute Gasteiger partial charge is 0.254 e. The molecule has 4 nitrogen and oxygen atoms in total. The molecule has 148 valence electrons. The molecule has 3 atom stereocenters. The quantitative estimate of drug-likeness (QED) is 0.715. The van der Waals surface area contributed by atoms with Gasteiger partial charge in [-0.05, 0) is 49.4 Å². The fourth-order valence-electron chi connectivity index (χ4n) is 4.71. The van der Waals surface area contributed by atoms with Gasteiger partial charge in [0.1, 0.15) is 6.04 Å². The molecule has 0 N–H and O–H groups in total. The molecule has 0 bridgehead atoms. The minimum atomic E-state index is -0.374. The number of fused-ring (bicyclic) bond motifs is 1. The van der Waals surface area contributed by atoms with Crippen LogP contribution < -0.4 is 0 Å². The number of carbonyl (C=O) groups is 2. The molecule has 0 spiro atoms. The van der Waals surface area contributed by atoms with Crippen molar-refractivity contribution in [2.24, 2.45) is 5.92 Å². The van der Waals surface area contributed by atoms with Crippen molar-refractivity contribution in [1.82, 2.24) is 9.80 Å². The van der Waals surface area contributed by atoms with E-state index in [1.807, 2.05) is 54.4 Å². The van der Waals surface area contributed by atoms with Crippen molar-refractivity contribution in [1.29, 1.82) is 0 Å². The van der Waals surface area contributed by atoms with Gasteiger partial charge in [-0.25, -0.2) is 0 Å². The van der Waals surface area contributed by atoms with Gasteiger partial charge in [0, 0.05) is 23.5 Å². The van der Waals surface area contributed by atoms with Crippen LogP contribution in [0.1, 0.15) is 47.3 Å². The molecule has 1 aliphatic carbocycles. The molecular weight excluding hydrogens is 392 g/mol. The summed E-state index contributed by atoms with van der Waals surface area (Å²) in [4.78, 5) is 31.4. The minimum absolute atomic E-state index is 0.0130. The second kappa shape index (κ2) is 8.26. The van der Waals surface area contributed by atoms with Gasteiger partial charge in [-0.1, -0.05) is 42.6 Å². The zero-order valence-electron chi connectivity index (χ0n) is 16.0. The number of benzene rings is 1. The molecule has 4 rings (SSSR count). The van der Waals surface area contributed by atoms with Gasteiger partial charge in [0.05, 0.1) is 10.9 Å². The van der Waals surface area contributed by atoms with Crippen molar-refractivity contribution in [2.75, 3.05) is 7.05 Å². The highest BCUT2D eigenvalue weighted by Crippen LogP contribution is 2.41. The van der Waals surface area contributed by atoms with Gasteiger partial charge in [0.15, 0.2) is 0 Å². The summed E-state index contributed by atoms with van der Waals surface area (Å²) in [5.74, 6) is 0.448. The van der Waals surface area contributed by atoms with E-state index < -0.39 is 0 Å². The maximum absolute atomic E-state index is 13.3. The van der Waals surface area contributed by atoms with E-state index in [2.05, 4.69) is 0 Å². The fourth-order valence-corrected chi connectivity index (χ4v) is 5.85. The third-order valence-corrected chi connectivity index (χ3v) is 7.24. The Morgan fingerprint density at radius 2 is 1.89 bits per heavy atom. The largest absolute Gasteiger partial charge is 0.339 e. The Labute approximate surface area is 175 Å². The molecule has 1 aliphatic heterocycles. The molecule has 1 saturated carbocycles. The topological polar surface area (TPSA) is 40.6 Å². The Bertz CT molecular complexity index is 853. The van der Waals surface area contributed by atoms with E-state index in [1.165, 1.54) is 17.8 Å². The summed E-state index contributed by atoms with van der Waals surface area (Å²) >= 11 is 7.52. The number of likely N-dealkylation sites (N-methyl/N-ethyl adjacent to an activating group) is 1. The highest BCUT2D eigenvalue weighted by Gasteiger charge is 2.48. The highest BCUT2D eigenvalue weighted by atomic mass is 35.5. The average Bonchev–Trinajstić information content (AvgIpc) is 3.30. The van der Waals surface area contributed by atoms with Crippen LogP contribution in [0, 0.1) is 5.92 Å². The van der Waals surface area contributed by atoms with Crippen LogP contribution in [0.25, 0.3) is 0 Å². The summed E-state index contributed by atoms with van der Waals surface area (Å²) in [7, 11) is 1.82. The molecule has 1 saturated heterocycles. The van der Waals surface area contributed by atoms with E-state index in [4.69, 9.17) is 11.6 Å². The first-order valence-corrected chi connectivity index (χ1v) is 11.1. The zero-order valence-corrected chi connectivity index (χ0v) is 17.6. The van der Waals surface area contributed by atoms with Gasteiger partial charge < -0.3 is 9.80 Å². The number of thiophene rings is 1. The van der Waals surface area contributed by atoms with Crippen LogP contribution in [0.15, 0.2) is 42.5 Å². The molecule has 3 unspecified atom stereocenters. The van der Waals surface area contributed by atoms with Gasteiger partial charge in [-0.3, -0.25) is 9.59 Å².